The van der Waals surface area contributed by atoms with Gasteiger partial charge in [0.1, 0.15) is 18.5 Å². The maximum atomic E-state index is 13.6. The van der Waals surface area contributed by atoms with Crippen molar-refractivity contribution in [3.05, 3.63) is 66.2 Å². The number of benzene rings is 3. The molecule has 7 heteroatoms. The van der Waals surface area contributed by atoms with Gasteiger partial charge in [-0.1, -0.05) is 36.3 Å². The standard InChI is InChI=1S/C25H26N2O4S/c1-4-19-8-5-9-20(16-19)31-18-21-17-27(14-15-30-21)32(28,29)25-13-7-10-22-23(25)11-6-12-24(22)26(2)3/h1,5-13,16,21H,14-15,17-18H2,2-3H3. The number of nitrogens with zero attached hydrogens (tertiary/aromatic N) is 2. The predicted octanol–water partition coefficient (Wildman–Crippen LogP) is 3.36. The van der Waals surface area contributed by atoms with Crippen LogP contribution in [0.25, 0.3) is 10.8 Å². The van der Waals surface area contributed by atoms with E-state index in [2.05, 4.69) is 5.92 Å². The van der Waals surface area contributed by atoms with Crippen LogP contribution in [0.1, 0.15) is 5.56 Å². The van der Waals surface area contributed by atoms with Crippen LogP contribution in [0.15, 0.2) is 65.6 Å². The van der Waals surface area contributed by atoms with Crippen LogP contribution >= 0.6 is 0 Å². The molecule has 166 valence electrons. The Labute approximate surface area is 189 Å². The molecule has 0 N–H and O–H groups in total. The second-order valence-corrected chi connectivity index (χ2v) is 9.77. The summed E-state index contributed by atoms with van der Waals surface area (Å²) in [7, 11) is 0.188. The van der Waals surface area contributed by atoms with Crippen molar-refractivity contribution in [3.63, 3.8) is 0 Å². The monoisotopic (exact) mass is 450 g/mol. The molecule has 1 saturated heterocycles. The molecule has 1 unspecified atom stereocenters. The number of anilines is 1. The van der Waals surface area contributed by atoms with Crippen molar-refractivity contribution in [2.45, 2.75) is 11.0 Å². The molecule has 0 radical (unpaired) electrons. The van der Waals surface area contributed by atoms with Crippen LogP contribution in [-0.4, -0.2) is 59.2 Å². The van der Waals surface area contributed by atoms with E-state index in [4.69, 9.17) is 15.9 Å². The van der Waals surface area contributed by atoms with Crippen molar-refractivity contribution >= 4 is 26.5 Å². The third kappa shape index (κ3) is 4.44. The van der Waals surface area contributed by atoms with Gasteiger partial charge in [0, 0.05) is 49.2 Å². The number of terminal acetylenes is 1. The van der Waals surface area contributed by atoms with Crippen molar-refractivity contribution in [1.29, 1.82) is 0 Å². The Kier molecular flexibility index (Phi) is 6.38. The molecule has 1 heterocycles. The minimum absolute atomic E-state index is 0.223. The fourth-order valence-corrected chi connectivity index (χ4v) is 5.56. The highest BCUT2D eigenvalue weighted by Crippen LogP contribution is 2.32. The van der Waals surface area contributed by atoms with Gasteiger partial charge in [-0.2, -0.15) is 4.31 Å². The molecule has 0 aromatic heterocycles. The van der Waals surface area contributed by atoms with Crippen LogP contribution in [0.4, 0.5) is 5.69 Å². The molecule has 32 heavy (non-hydrogen) atoms. The highest BCUT2D eigenvalue weighted by atomic mass is 32.2. The molecule has 1 aliphatic heterocycles. The van der Waals surface area contributed by atoms with Crippen LogP contribution < -0.4 is 9.64 Å². The van der Waals surface area contributed by atoms with Crippen LogP contribution in [0.5, 0.6) is 5.75 Å². The zero-order valence-electron chi connectivity index (χ0n) is 18.2. The van der Waals surface area contributed by atoms with Gasteiger partial charge in [-0.15, -0.1) is 6.42 Å². The molecule has 0 saturated carbocycles. The average Bonchev–Trinajstić information content (AvgIpc) is 2.82. The predicted molar refractivity (Wildman–Crippen MR) is 127 cm³/mol. The molecule has 1 atom stereocenters. The van der Waals surface area contributed by atoms with Crippen LogP contribution in [0, 0.1) is 12.3 Å². The molecule has 0 aliphatic carbocycles. The van der Waals surface area contributed by atoms with Crippen LogP contribution in [0.3, 0.4) is 0 Å². The molecule has 0 spiro atoms. The van der Waals surface area contributed by atoms with Crippen molar-refractivity contribution in [1.82, 2.24) is 4.31 Å². The first-order valence-electron chi connectivity index (χ1n) is 10.4. The van der Waals surface area contributed by atoms with Gasteiger partial charge in [0.25, 0.3) is 0 Å². The summed E-state index contributed by atoms with van der Waals surface area (Å²) < 4.78 is 40.2. The second-order valence-electron chi connectivity index (χ2n) is 7.86. The first-order chi connectivity index (χ1) is 15.4. The lowest BCUT2D eigenvalue weighted by molar-refractivity contribution is -0.0249. The van der Waals surface area contributed by atoms with E-state index in [-0.39, 0.29) is 19.3 Å². The zero-order valence-corrected chi connectivity index (χ0v) is 19.0. The van der Waals surface area contributed by atoms with Crippen LogP contribution in [0.2, 0.25) is 0 Å². The summed E-state index contributed by atoms with van der Waals surface area (Å²) in [5.74, 6) is 3.21. The first kappa shape index (κ1) is 22.2. The lowest BCUT2D eigenvalue weighted by Gasteiger charge is -2.32. The molecule has 0 amide bonds. The third-order valence-corrected chi connectivity index (χ3v) is 7.42. The Hall–Kier alpha value is -3.05. The smallest absolute Gasteiger partial charge is 0.243 e. The Morgan fingerprint density at radius 3 is 2.66 bits per heavy atom. The lowest BCUT2D eigenvalue weighted by atomic mass is 10.1. The number of rotatable bonds is 6. The SMILES string of the molecule is C#Cc1cccc(OCC2CN(S(=O)(=O)c3cccc4c(N(C)C)cccc34)CCO2)c1. The zero-order chi connectivity index (χ0) is 22.7. The van der Waals surface area contributed by atoms with Crippen molar-refractivity contribution in [2.24, 2.45) is 0 Å². The maximum absolute atomic E-state index is 13.6. The third-order valence-electron chi connectivity index (χ3n) is 5.50. The molecule has 6 nitrogen and oxygen atoms in total. The normalized spacial score (nSPS) is 17.1. The Morgan fingerprint density at radius 1 is 1.12 bits per heavy atom. The van der Waals surface area contributed by atoms with E-state index in [1.165, 1.54) is 4.31 Å². The summed E-state index contributed by atoms with van der Waals surface area (Å²) in [4.78, 5) is 2.29. The lowest BCUT2D eigenvalue weighted by Crippen LogP contribution is -2.47. The van der Waals surface area contributed by atoms with Crippen LogP contribution in [-0.2, 0) is 14.8 Å². The maximum Gasteiger partial charge on any atom is 0.243 e. The topological polar surface area (TPSA) is 59.1 Å². The van der Waals surface area contributed by atoms with E-state index in [1.807, 2.05) is 61.5 Å². The molecule has 1 fully saturated rings. The number of morpholine rings is 1. The number of hydrogen-bond donors (Lipinski definition) is 0. The van der Waals surface area contributed by atoms with E-state index >= 15 is 0 Å². The Morgan fingerprint density at radius 2 is 1.88 bits per heavy atom. The number of fused-ring (bicyclic) bond motifs is 1. The van der Waals surface area contributed by atoms with Gasteiger partial charge in [0.15, 0.2) is 0 Å². The van der Waals surface area contributed by atoms with Gasteiger partial charge >= 0.3 is 0 Å². The summed E-state index contributed by atoms with van der Waals surface area (Å²) in [5.41, 5.74) is 1.70. The van der Waals surface area contributed by atoms with Crippen molar-refractivity contribution in [3.8, 4) is 18.1 Å². The Balaban J connectivity index is 1.55. The number of sulfonamides is 1. The van der Waals surface area contributed by atoms with Gasteiger partial charge in [0.05, 0.1) is 11.5 Å². The fourth-order valence-electron chi connectivity index (χ4n) is 3.89. The van der Waals surface area contributed by atoms with E-state index < -0.39 is 10.0 Å². The highest BCUT2D eigenvalue weighted by molar-refractivity contribution is 7.89. The number of hydrogen-bond acceptors (Lipinski definition) is 5. The first-order valence-corrected chi connectivity index (χ1v) is 11.8. The molecular weight excluding hydrogens is 424 g/mol. The minimum Gasteiger partial charge on any atom is -0.491 e. The molecule has 3 aromatic carbocycles. The van der Waals surface area contributed by atoms with Crippen molar-refractivity contribution in [2.75, 3.05) is 45.3 Å². The highest BCUT2D eigenvalue weighted by Gasteiger charge is 2.32. The summed E-state index contributed by atoms with van der Waals surface area (Å²) >= 11 is 0. The van der Waals surface area contributed by atoms with E-state index in [0.717, 1.165) is 16.6 Å². The summed E-state index contributed by atoms with van der Waals surface area (Å²) in [5, 5.41) is 1.62. The molecule has 3 aromatic rings. The van der Waals surface area contributed by atoms with Gasteiger partial charge in [0.2, 0.25) is 10.0 Å². The number of ether oxygens (including phenoxy) is 2. The molecule has 4 rings (SSSR count). The minimum atomic E-state index is -3.70. The summed E-state index contributed by atoms with van der Waals surface area (Å²) in [6.07, 6.45) is 5.06. The van der Waals surface area contributed by atoms with Crippen molar-refractivity contribution < 1.29 is 17.9 Å². The van der Waals surface area contributed by atoms with E-state index in [9.17, 15) is 8.42 Å². The van der Waals surface area contributed by atoms with E-state index in [1.54, 1.807) is 18.2 Å². The largest absolute Gasteiger partial charge is 0.491 e. The quantitative estimate of drug-likeness (QED) is 0.539. The molecular formula is C25H26N2O4S. The van der Waals surface area contributed by atoms with E-state index in [0.29, 0.717) is 29.2 Å². The van der Waals surface area contributed by atoms with Gasteiger partial charge in [-0.05, 0) is 30.3 Å². The average molecular weight is 451 g/mol. The van der Waals surface area contributed by atoms with Gasteiger partial charge in [-0.3, -0.25) is 0 Å². The van der Waals surface area contributed by atoms with Gasteiger partial charge in [-0.25, -0.2) is 8.42 Å². The molecule has 1 aliphatic rings. The van der Waals surface area contributed by atoms with Gasteiger partial charge < -0.3 is 14.4 Å². The summed E-state index contributed by atoms with van der Waals surface area (Å²) in [6.45, 7) is 1.07. The fraction of sp³-hybridized carbons (Fsp3) is 0.280. The summed E-state index contributed by atoms with van der Waals surface area (Å²) in [6, 6.07) is 18.4. The molecule has 0 bridgehead atoms. The Bertz CT molecular complexity index is 1260. The second kappa shape index (κ2) is 9.21.